The smallest absolute Gasteiger partial charge is 0.226 e. The molecule has 1 atom stereocenters. The normalized spacial score (nSPS) is 13.3. The van der Waals surface area contributed by atoms with Gasteiger partial charge in [-0.3, -0.25) is 0 Å². The molecule has 0 radical (unpaired) electrons. The molecule has 1 heterocycles. The van der Waals surface area contributed by atoms with Crippen LogP contribution in [0, 0.1) is 5.92 Å². The van der Waals surface area contributed by atoms with Gasteiger partial charge in [-0.05, 0) is 12.3 Å². The summed E-state index contributed by atoms with van der Waals surface area (Å²) in [4.78, 5) is 4.28. The molecular weight excluding hydrogens is 202 g/mol. The largest absolute Gasteiger partial charge is 0.339 e. The van der Waals surface area contributed by atoms with Crippen molar-refractivity contribution in [3.05, 3.63) is 11.7 Å². The van der Waals surface area contributed by atoms with Crippen LogP contribution >= 0.6 is 0 Å². The van der Waals surface area contributed by atoms with Crippen LogP contribution in [-0.4, -0.2) is 22.7 Å². The Morgan fingerprint density at radius 2 is 2.06 bits per heavy atom. The summed E-state index contributed by atoms with van der Waals surface area (Å²) in [5, 5.41) is 7.45. The fourth-order valence-electron chi connectivity index (χ4n) is 1.76. The van der Waals surface area contributed by atoms with Crippen molar-refractivity contribution in [2.75, 3.05) is 6.54 Å². The lowest BCUT2D eigenvalue weighted by Crippen LogP contribution is -2.34. The Morgan fingerprint density at radius 3 is 2.56 bits per heavy atom. The summed E-state index contributed by atoms with van der Waals surface area (Å²) >= 11 is 0. The molecule has 16 heavy (non-hydrogen) atoms. The number of hydrogen-bond acceptors (Lipinski definition) is 4. The molecule has 4 nitrogen and oxygen atoms in total. The lowest BCUT2D eigenvalue weighted by molar-refractivity contribution is 0.370. The second-order valence-electron chi connectivity index (χ2n) is 4.42. The summed E-state index contributed by atoms with van der Waals surface area (Å²) in [6.45, 7) is 9.62. The number of rotatable bonds is 7. The highest BCUT2D eigenvalue weighted by atomic mass is 16.5. The molecule has 4 heteroatoms. The Balaban J connectivity index is 2.29. The van der Waals surface area contributed by atoms with Crippen LogP contribution in [-0.2, 0) is 12.8 Å². The van der Waals surface area contributed by atoms with E-state index in [1.807, 2.05) is 6.92 Å². The predicted octanol–water partition coefficient (Wildman–Crippen LogP) is 2.20. The van der Waals surface area contributed by atoms with Crippen molar-refractivity contribution >= 4 is 0 Å². The van der Waals surface area contributed by atoms with Crippen LogP contribution in [0.3, 0.4) is 0 Å². The van der Waals surface area contributed by atoms with Gasteiger partial charge in [0.15, 0.2) is 5.82 Å². The monoisotopic (exact) mass is 225 g/mol. The van der Waals surface area contributed by atoms with E-state index in [-0.39, 0.29) is 0 Å². The molecule has 0 saturated heterocycles. The molecular formula is C12H23N3O. The van der Waals surface area contributed by atoms with Gasteiger partial charge in [0, 0.05) is 25.4 Å². The Bertz CT molecular complexity index is 296. The van der Waals surface area contributed by atoms with Crippen LogP contribution in [0.25, 0.3) is 0 Å². The van der Waals surface area contributed by atoms with E-state index in [2.05, 4.69) is 36.2 Å². The van der Waals surface area contributed by atoms with E-state index in [0.29, 0.717) is 12.0 Å². The van der Waals surface area contributed by atoms with Crippen molar-refractivity contribution in [1.82, 2.24) is 15.5 Å². The van der Waals surface area contributed by atoms with E-state index in [0.717, 1.165) is 37.5 Å². The highest BCUT2D eigenvalue weighted by Crippen LogP contribution is 2.05. The van der Waals surface area contributed by atoms with Crippen molar-refractivity contribution in [1.29, 1.82) is 0 Å². The predicted molar refractivity (Wildman–Crippen MR) is 64.3 cm³/mol. The van der Waals surface area contributed by atoms with Crippen LogP contribution in [0.1, 0.15) is 45.8 Å². The zero-order valence-corrected chi connectivity index (χ0v) is 10.8. The summed E-state index contributed by atoms with van der Waals surface area (Å²) in [6.07, 6.45) is 2.81. The second-order valence-corrected chi connectivity index (χ2v) is 4.42. The molecule has 0 aliphatic heterocycles. The third kappa shape index (κ3) is 3.93. The Kier molecular flexibility index (Phi) is 5.46. The van der Waals surface area contributed by atoms with Gasteiger partial charge < -0.3 is 9.84 Å². The lowest BCUT2D eigenvalue weighted by atomic mass is 10.0. The van der Waals surface area contributed by atoms with E-state index >= 15 is 0 Å². The maximum atomic E-state index is 5.06. The van der Waals surface area contributed by atoms with Gasteiger partial charge in [-0.15, -0.1) is 0 Å². The second kappa shape index (κ2) is 6.63. The summed E-state index contributed by atoms with van der Waals surface area (Å²) in [7, 11) is 0. The molecule has 1 rings (SSSR count). The van der Waals surface area contributed by atoms with Crippen molar-refractivity contribution in [2.24, 2.45) is 5.92 Å². The number of nitrogens with zero attached hydrogens (tertiary/aromatic N) is 2. The number of aromatic nitrogens is 2. The van der Waals surface area contributed by atoms with Crippen LogP contribution in [0.4, 0.5) is 0 Å². The van der Waals surface area contributed by atoms with Gasteiger partial charge in [-0.25, -0.2) is 0 Å². The molecule has 1 aromatic heterocycles. The number of aryl methyl sites for hydroxylation is 1. The van der Waals surface area contributed by atoms with Crippen molar-refractivity contribution in [3.63, 3.8) is 0 Å². The lowest BCUT2D eigenvalue weighted by Gasteiger charge is -2.20. The maximum absolute atomic E-state index is 5.06. The molecule has 0 aliphatic carbocycles. The molecule has 92 valence electrons. The van der Waals surface area contributed by atoms with E-state index < -0.39 is 0 Å². The van der Waals surface area contributed by atoms with E-state index in [1.165, 1.54) is 0 Å². The minimum Gasteiger partial charge on any atom is -0.339 e. The molecule has 1 unspecified atom stereocenters. The first-order valence-electron chi connectivity index (χ1n) is 6.22. The fraction of sp³-hybridized carbons (Fsp3) is 0.833. The van der Waals surface area contributed by atoms with Crippen LogP contribution in [0.15, 0.2) is 4.52 Å². The number of nitrogens with one attached hydrogen (secondary N) is 1. The number of hydrogen-bond donors (Lipinski definition) is 1. The van der Waals surface area contributed by atoms with Gasteiger partial charge >= 0.3 is 0 Å². The first-order valence-corrected chi connectivity index (χ1v) is 6.22. The molecule has 0 fully saturated rings. The van der Waals surface area contributed by atoms with Gasteiger partial charge in [-0.2, -0.15) is 4.98 Å². The molecule has 0 bridgehead atoms. The van der Waals surface area contributed by atoms with Crippen LogP contribution in [0.5, 0.6) is 0 Å². The summed E-state index contributed by atoms with van der Waals surface area (Å²) in [5.41, 5.74) is 0. The molecule has 0 aromatic carbocycles. The zero-order chi connectivity index (χ0) is 12.0. The topological polar surface area (TPSA) is 51.0 Å². The van der Waals surface area contributed by atoms with Crippen LogP contribution < -0.4 is 5.32 Å². The molecule has 1 aromatic rings. The minimum absolute atomic E-state index is 0.581. The van der Waals surface area contributed by atoms with Crippen molar-refractivity contribution < 1.29 is 4.52 Å². The first-order chi connectivity index (χ1) is 7.67. The van der Waals surface area contributed by atoms with E-state index in [1.54, 1.807) is 0 Å². The summed E-state index contributed by atoms with van der Waals surface area (Å²) in [6, 6.07) is 0.581. The summed E-state index contributed by atoms with van der Waals surface area (Å²) < 4.78 is 5.06. The summed E-state index contributed by atoms with van der Waals surface area (Å²) in [5.74, 6) is 2.20. The van der Waals surface area contributed by atoms with Gasteiger partial charge in [-0.1, -0.05) is 32.9 Å². The Hall–Kier alpha value is -0.900. The molecule has 1 N–H and O–H groups in total. The van der Waals surface area contributed by atoms with E-state index in [4.69, 9.17) is 4.52 Å². The van der Waals surface area contributed by atoms with Gasteiger partial charge in [0.05, 0.1) is 0 Å². The van der Waals surface area contributed by atoms with Crippen molar-refractivity contribution in [2.45, 2.75) is 53.0 Å². The average molecular weight is 225 g/mol. The molecule has 0 amide bonds. The molecule has 0 spiro atoms. The highest BCUT2D eigenvalue weighted by Gasteiger charge is 2.10. The quantitative estimate of drug-likeness (QED) is 0.773. The van der Waals surface area contributed by atoms with E-state index in [9.17, 15) is 0 Å². The van der Waals surface area contributed by atoms with Gasteiger partial charge in [0.1, 0.15) is 0 Å². The van der Waals surface area contributed by atoms with Gasteiger partial charge in [0.25, 0.3) is 0 Å². The minimum atomic E-state index is 0.581. The Morgan fingerprint density at radius 1 is 1.31 bits per heavy atom. The third-order valence-electron chi connectivity index (χ3n) is 2.81. The van der Waals surface area contributed by atoms with Crippen molar-refractivity contribution in [3.8, 4) is 0 Å². The Labute approximate surface area is 97.8 Å². The third-order valence-corrected chi connectivity index (χ3v) is 2.81. The average Bonchev–Trinajstić information content (AvgIpc) is 2.71. The SMILES string of the molecule is CCc1nc(CCNC(CC)C(C)C)no1. The maximum Gasteiger partial charge on any atom is 0.226 e. The molecule has 0 saturated carbocycles. The zero-order valence-electron chi connectivity index (χ0n) is 10.8. The van der Waals surface area contributed by atoms with Crippen LogP contribution in [0.2, 0.25) is 0 Å². The highest BCUT2D eigenvalue weighted by molar-refractivity contribution is 4.86. The standard InChI is InChI=1S/C12H23N3O/c1-5-10(9(3)4)13-8-7-11-14-12(6-2)16-15-11/h9-10,13H,5-8H2,1-4H3. The fourth-order valence-corrected chi connectivity index (χ4v) is 1.76. The van der Waals surface area contributed by atoms with Gasteiger partial charge in [0.2, 0.25) is 5.89 Å². The first kappa shape index (κ1) is 13.2. The molecule has 0 aliphatic rings.